The van der Waals surface area contributed by atoms with E-state index in [9.17, 15) is 0 Å². The predicted octanol–water partition coefficient (Wildman–Crippen LogP) is 2.72. The van der Waals surface area contributed by atoms with Gasteiger partial charge >= 0.3 is 0 Å². The van der Waals surface area contributed by atoms with Crippen molar-refractivity contribution in [3.8, 4) is 0 Å². The van der Waals surface area contributed by atoms with Crippen LogP contribution in [0.15, 0.2) is 0 Å². The predicted molar refractivity (Wildman–Crippen MR) is 63.0 cm³/mol. The molecule has 0 aromatic heterocycles. The summed E-state index contributed by atoms with van der Waals surface area (Å²) in [5, 5.41) is 3.57. The second-order valence-corrected chi connectivity index (χ2v) is 5.88. The van der Waals surface area contributed by atoms with Crippen molar-refractivity contribution in [3.05, 3.63) is 0 Å². The first-order chi connectivity index (χ1) is 7.08. The molecule has 15 heavy (non-hydrogen) atoms. The molecule has 88 valence electrons. The van der Waals surface area contributed by atoms with Gasteiger partial charge in [0.05, 0.1) is 11.2 Å². The summed E-state index contributed by atoms with van der Waals surface area (Å²) < 4.78 is 6.44. The third-order valence-electron chi connectivity index (χ3n) is 4.09. The molecule has 1 aliphatic heterocycles. The normalized spacial score (nSPS) is 40.6. The Morgan fingerprint density at radius 2 is 2.07 bits per heavy atom. The third-order valence-corrected chi connectivity index (χ3v) is 4.09. The lowest BCUT2D eigenvalue weighted by Crippen LogP contribution is -2.62. The molecule has 1 spiro atoms. The number of morpholine rings is 1. The van der Waals surface area contributed by atoms with Crippen molar-refractivity contribution >= 4 is 0 Å². The summed E-state index contributed by atoms with van der Waals surface area (Å²) in [7, 11) is 0. The van der Waals surface area contributed by atoms with E-state index in [1.807, 2.05) is 0 Å². The van der Waals surface area contributed by atoms with Gasteiger partial charge in [-0.15, -0.1) is 0 Å². The van der Waals surface area contributed by atoms with Gasteiger partial charge < -0.3 is 10.1 Å². The van der Waals surface area contributed by atoms with Gasteiger partial charge in [0.2, 0.25) is 0 Å². The van der Waals surface area contributed by atoms with Crippen molar-refractivity contribution < 1.29 is 4.74 Å². The SMILES string of the molecule is CCC1CCCCC12CNCC(C)(C)O2. The van der Waals surface area contributed by atoms with Crippen molar-refractivity contribution in [3.63, 3.8) is 0 Å². The van der Waals surface area contributed by atoms with Gasteiger partial charge in [-0.25, -0.2) is 0 Å². The summed E-state index contributed by atoms with van der Waals surface area (Å²) in [4.78, 5) is 0. The van der Waals surface area contributed by atoms with E-state index in [0.29, 0.717) is 0 Å². The number of nitrogens with one attached hydrogen (secondary N) is 1. The molecular formula is C13H25NO. The van der Waals surface area contributed by atoms with Crippen LogP contribution in [0.4, 0.5) is 0 Å². The Kier molecular flexibility index (Phi) is 3.09. The molecule has 0 aromatic rings. The van der Waals surface area contributed by atoms with Crippen LogP contribution in [-0.4, -0.2) is 24.3 Å². The summed E-state index contributed by atoms with van der Waals surface area (Å²) in [6, 6.07) is 0. The molecule has 0 amide bonds. The highest BCUT2D eigenvalue weighted by molar-refractivity contribution is 4.98. The number of hydrogen-bond acceptors (Lipinski definition) is 2. The smallest absolute Gasteiger partial charge is 0.0842 e. The minimum absolute atomic E-state index is 0.0169. The molecular weight excluding hydrogens is 186 g/mol. The van der Waals surface area contributed by atoms with Gasteiger partial charge in [0.25, 0.3) is 0 Å². The zero-order valence-corrected chi connectivity index (χ0v) is 10.4. The molecule has 0 radical (unpaired) electrons. The maximum Gasteiger partial charge on any atom is 0.0842 e. The molecule has 2 unspecified atom stereocenters. The Balaban J connectivity index is 2.14. The minimum Gasteiger partial charge on any atom is -0.366 e. The Labute approximate surface area is 93.8 Å². The van der Waals surface area contributed by atoms with E-state index in [-0.39, 0.29) is 11.2 Å². The van der Waals surface area contributed by atoms with E-state index >= 15 is 0 Å². The second kappa shape index (κ2) is 4.06. The largest absolute Gasteiger partial charge is 0.366 e. The second-order valence-electron chi connectivity index (χ2n) is 5.88. The van der Waals surface area contributed by atoms with Crippen LogP contribution in [0, 0.1) is 5.92 Å². The zero-order chi connectivity index (χ0) is 10.9. The molecule has 2 aliphatic rings. The molecule has 2 nitrogen and oxygen atoms in total. The molecule has 1 saturated heterocycles. The van der Waals surface area contributed by atoms with Crippen molar-refractivity contribution in [2.75, 3.05) is 13.1 Å². The number of hydrogen-bond donors (Lipinski definition) is 1. The molecule has 2 atom stereocenters. The highest BCUT2D eigenvalue weighted by Gasteiger charge is 2.46. The summed E-state index contributed by atoms with van der Waals surface area (Å²) in [5.41, 5.74) is 0.164. The highest BCUT2D eigenvalue weighted by atomic mass is 16.5. The number of ether oxygens (including phenoxy) is 1. The van der Waals surface area contributed by atoms with Crippen LogP contribution in [0.1, 0.15) is 52.9 Å². The minimum atomic E-state index is 0.0169. The van der Waals surface area contributed by atoms with Gasteiger partial charge in [-0.1, -0.05) is 26.2 Å². The van der Waals surface area contributed by atoms with E-state index in [0.717, 1.165) is 19.0 Å². The fourth-order valence-corrected chi connectivity index (χ4v) is 3.42. The Bertz CT molecular complexity index is 223. The Morgan fingerprint density at radius 3 is 2.73 bits per heavy atom. The van der Waals surface area contributed by atoms with E-state index in [1.165, 1.54) is 32.1 Å². The van der Waals surface area contributed by atoms with Crippen LogP contribution in [0.2, 0.25) is 0 Å². The van der Waals surface area contributed by atoms with Crippen molar-refractivity contribution in [2.24, 2.45) is 5.92 Å². The average Bonchev–Trinajstić information content (AvgIpc) is 2.16. The Hall–Kier alpha value is -0.0800. The van der Waals surface area contributed by atoms with Crippen LogP contribution in [-0.2, 0) is 4.74 Å². The lowest BCUT2D eigenvalue weighted by atomic mass is 9.72. The standard InChI is InChI=1S/C13H25NO/c1-4-11-7-5-6-8-13(11)10-14-9-12(2,3)15-13/h11,14H,4-10H2,1-3H3. The van der Waals surface area contributed by atoms with Crippen LogP contribution in [0.25, 0.3) is 0 Å². The van der Waals surface area contributed by atoms with Gasteiger partial charge in [-0.05, 0) is 32.6 Å². The molecule has 0 aromatic carbocycles. The van der Waals surface area contributed by atoms with E-state index in [4.69, 9.17) is 4.74 Å². The molecule has 1 saturated carbocycles. The molecule has 2 rings (SSSR count). The van der Waals surface area contributed by atoms with Crippen LogP contribution in [0.5, 0.6) is 0 Å². The lowest BCUT2D eigenvalue weighted by molar-refractivity contribution is -0.200. The third kappa shape index (κ3) is 2.21. The van der Waals surface area contributed by atoms with Gasteiger partial charge in [-0.2, -0.15) is 0 Å². The summed E-state index contributed by atoms with van der Waals surface area (Å²) in [6.07, 6.45) is 6.60. The topological polar surface area (TPSA) is 21.3 Å². The fourth-order valence-electron chi connectivity index (χ4n) is 3.42. The molecule has 1 aliphatic carbocycles. The highest BCUT2D eigenvalue weighted by Crippen LogP contribution is 2.42. The fraction of sp³-hybridized carbons (Fsp3) is 1.00. The van der Waals surface area contributed by atoms with Crippen LogP contribution < -0.4 is 5.32 Å². The van der Waals surface area contributed by atoms with Crippen molar-refractivity contribution in [1.29, 1.82) is 0 Å². The van der Waals surface area contributed by atoms with Crippen LogP contribution >= 0.6 is 0 Å². The first-order valence-corrected chi connectivity index (χ1v) is 6.49. The average molecular weight is 211 g/mol. The van der Waals surface area contributed by atoms with Gasteiger partial charge in [-0.3, -0.25) is 0 Å². The van der Waals surface area contributed by atoms with E-state index in [1.54, 1.807) is 0 Å². The van der Waals surface area contributed by atoms with Crippen molar-refractivity contribution in [1.82, 2.24) is 5.32 Å². The van der Waals surface area contributed by atoms with Gasteiger partial charge in [0, 0.05) is 13.1 Å². The number of rotatable bonds is 1. The molecule has 2 heteroatoms. The first kappa shape index (κ1) is 11.4. The van der Waals surface area contributed by atoms with Gasteiger partial charge in [0.15, 0.2) is 0 Å². The van der Waals surface area contributed by atoms with Crippen molar-refractivity contribution in [2.45, 2.75) is 64.1 Å². The summed E-state index contributed by atoms with van der Waals surface area (Å²) >= 11 is 0. The lowest BCUT2D eigenvalue weighted by Gasteiger charge is -2.52. The van der Waals surface area contributed by atoms with Gasteiger partial charge in [0.1, 0.15) is 0 Å². The molecule has 1 N–H and O–H groups in total. The Morgan fingerprint density at radius 1 is 1.27 bits per heavy atom. The quantitative estimate of drug-likeness (QED) is 0.720. The zero-order valence-electron chi connectivity index (χ0n) is 10.4. The maximum absolute atomic E-state index is 6.44. The molecule has 2 fully saturated rings. The van der Waals surface area contributed by atoms with E-state index in [2.05, 4.69) is 26.1 Å². The van der Waals surface area contributed by atoms with E-state index < -0.39 is 0 Å². The molecule has 1 heterocycles. The summed E-state index contributed by atoms with van der Waals surface area (Å²) in [5.74, 6) is 0.762. The first-order valence-electron chi connectivity index (χ1n) is 6.49. The maximum atomic E-state index is 6.44. The molecule has 0 bridgehead atoms. The van der Waals surface area contributed by atoms with Crippen LogP contribution in [0.3, 0.4) is 0 Å². The monoisotopic (exact) mass is 211 g/mol. The summed E-state index contributed by atoms with van der Waals surface area (Å²) in [6.45, 7) is 8.79.